The minimum absolute atomic E-state index is 0.108. The van der Waals surface area contributed by atoms with Crippen molar-refractivity contribution in [3.8, 4) is 28.9 Å². The summed E-state index contributed by atoms with van der Waals surface area (Å²) >= 11 is 0. The first-order chi connectivity index (χ1) is 14.7. The van der Waals surface area contributed by atoms with Crippen LogP contribution in [0.3, 0.4) is 0 Å². The van der Waals surface area contributed by atoms with Gasteiger partial charge in [0.1, 0.15) is 17.3 Å². The van der Waals surface area contributed by atoms with Crippen LogP contribution >= 0.6 is 0 Å². The Bertz CT molecular complexity index is 1280. The molecule has 0 saturated carbocycles. The Morgan fingerprint density at radius 2 is 1.87 bits per heavy atom. The lowest BCUT2D eigenvalue weighted by Gasteiger charge is -2.25. The molecule has 3 heterocycles. The van der Waals surface area contributed by atoms with Gasteiger partial charge in [-0.1, -0.05) is 42.5 Å². The second-order valence-electron chi connectivity index (χ2n) is 7.04. The highest BCUT2D eigenvalue weighted by atomic mass is 16.5. The molecule has 1 atom stereocenters. The Morgan fingerprint density at radius 1 is 1.10 bits per heavy atom. The maximum Gasteiger partial charge on any atom is 0.224 e. The number of nitrogens with two attached hydrogens (primary N) is 1. The molecule has 1 unspecified atom stereocenters. The third-order valence-corrected chi connectivity index (χ3v) is 5.28. The van der Waals surface area contributed by atoms with Gasteiger partial charge in [0, 0.05) is 30.7 Å². The molecule has 0 amide bonds. The Labute approximate surface area is 173 Å². The molecule has 0 fully saturated rings. The summed E-state index contributed by atoms with van der Waals surface area (Å²) in [4.78, 5) is 4.09. The van der Waals surface area contributed by atoms with E-state index >= 15 is 0 Å². The summed E-state index contributed by atoms with van der Waals surface area (Å²) in [5.74, 6) is 0.282. The van der Waals surface area contributed by atoms with E-state index in [1.807, 2.05) is 72.4 Å². The van der Waals surface area contributed by atoms with Gasteiger partial charge in [-0.3, -0.25) is 0 Å². The van der Waals surface area contributed by atoms with Crippen molar-refractivity contribution in [1.29, 1.82) is 5.26 Å². The molecule has 4 aromatic rings. The van der Waals surface area contributed by atoms with Crippen LogP contribution in [0.5, 0.6) is 5.88 Å². The Hall–Kier alpha value is -4.31. The molecule has 0 spiro atoms. The number of hydrogen-bond acceptors (Lipinski definition) is 5. The van der Waals surface area contributed by atoms with E-state index in [9.17, 15) is 5.26 Å². The van der Waals surface area contributed by atoms with E-state index in [1.54, 1.807) is 17.2 Å². The van der Waals surface area contributed by atoms with E-state index < -0.39 is 0 Å². The summed E-state index contributed by atoms with van der Waals surface area (Å²) in [6.45, 7) is 0. The summed E-state index contributed by atoms with van der Waals surface area (Å²) in [7, 11) is 1.81. The van der Waals surface area contributed by atoms with Crippen LogP contribution < -0.4 is 10.5 Å². The van der Waals surface area contributed by atoms with Gasteiger partial charge in [-0.05, 0) is 17.7 Å². The van der Waals surface area contributed by atoms with Crippen molar-refractivity contribution in [3.05, 3.63) is 95.9 Å². The van der Waals surface area contributed by atoms with Gasteiger partial charge < -0.3 is 15.0 Å². The SMILES string of the molecule is Cn1nc(-c2ccccc2)c2c1OC(N)=C(C#N)C2c1ccc(-n2ccnc2)cc1. The lowest BCUT2D eigenvalue weighted by atomic mass is 9.83. The van der Waals surface area contributed by atoms with Gasteiger partial charge in [-0.2, -0.15) is 10.4 Å². The quantitative estimate of drug-likeness (QED) is 0.574. The van der Waals surface area contributed by atoms with Crippen LogP contribution in [0.25, 0.3) is 16.9 Å². The van der Waals surface area contributed by atoms with E-state index in [-0.39, 0.29) is 11.8 Å². The second-order valence-corrected chi connectivity index (χ2v) is 7.04. The zero-order valence-corrected chi connectivity index (χ0v) is 16.2. The topological polar surface area (TPSA) is 94.7 Å². The van der Waals surface area contributed by atoms with Crippen LogP contribution in [0, 0.1) is 11.3 Å². The average molecular weight is 394 g/mol. The number of rotatable bonds is 3. The van der Waals surface area contributed by atoms with E-state index in [4.69, 9.17) is 10.5 Å². The summed E-state index contributed by atoms with van der Waals surface area (Å²) < 4.78 is 9.42. The number of benzene rings is 2. The van der Waals surface area contributed by atoms with Crippen LogP contribution in [0.2, 0.25) is 0 Å². The largest absolute Gasteiger partial charge is 0.422 e. The van der Waals surface area contributed by atoms with Crippen molar-refractivity contribution in [2.45, 2.75) is 5.92 Å². The van der Waals surface area contributed by atoms with Crippen LogP contribution in [0.1, 0.15) is 17.0 Å². The molecule has 2 aromatic heterocycles. The summed E-state index contributed by atoms with van der Waals surface area (Å²) in [6, 6.07) is 20.1. The third kappa shape index (κ3) is 2.74. The number of aromatic nitrogens is 4. The van der Waals surface area contributed by atoms with Crippen molar-refractivity contribution < 1.29 is 4.74 Å². The first-order valence-corrected chi connectivity index (χ1v) is 9.45. The molecule has 0 aliphatic carbocycles. The molecule has 5 rings (SSSR count). The number of allylic oxidation sites excluding steroid dienone is 1. The molecule has 1 aliphatic heterocycles. The van der Waals surface area contributed by atoms with Crippen LogP contribution in [-0.4, -0.2) is 19.3 Å². The lowest BCUT2D eigenvalue weighted by molar-refractivity contribution is 0.358. The number of imidazole rings is 1. The van der Waals surface area contributed by atoms with E-state index in [0.29, 0.717) is 11.5 Å². The smallest absolute Gasteiger partial charge is 0.224 e. The minimum Gasteiger partial charge on any atom is -0.422 e. The molecule has 1 aliphatic rings. The monoisotopic (exact) mass is 394 g/mol. The fourth-order valence-corrected chi connectivity index (χ4v) is 3.86. The summed E-state index contributed by atoms with van der Waals surface area (Å²) in [6.07, 6.45) is 5.36. The molecule has 2 N–H and O–H groups in total. The van der Waals surface area contributed by atoms with Gasteiger partial charge in [-0.25, -0.2) is 9.67 Å². The maximum absolute atomic E-state index is 9.88. The highest BCUT2D eigenvalue weighted by molar-refractivity contribution is 5.71. The molecule has 0 radical (unpaired) electrons. The molecule has 146 valence electrons. The number of nitriles is 1. The standard InChI is InChI=1S/C23H18N6O/c1-28-23-20(21(27-28)16-5-3-2-4-6-16)19(18(13-24)22(25)30-23)15-7-9-17(10-8-15)29-12-11-26-14-29/h2-12,14,19H,25H2,1H3. The van der Waals surface area contributed by atoms with Crippen molar-refractivity contribution in [1.82, 2.24) is 19.3 Å². The molecule has 0 bridgehead atoms. The number of nitrogens with zero attached hydrogens (tertiary/aromatic N) is 5. The van der Waals surface area contributed by atoms with Gasteiger partial charge in [0.25, 0.3) is 0 Å². The molecular formula is C23H18N6O. The number of hydrogen-bond donors (Lipinski definition) is 1. The first-order valence-electron chi connectivity index (χ1n) is 9.45. The minimum atomic E-state index is -0.375. The average Bonchev–Trinajstić information content (AvgIpc) is 3.42. The molecule has 7 nitrogen and oxygen atoms in total. The van der Waals surface area contributed by atoms with E-state index in [1.165, 1.54) is 0 Å². The molecule has 7 heteroatoms. The highest BCUT2D eigenvalue weighted by Crippen LogP contribution is 2.46. The zero-order chi connectivity index (χ0) is 20.7. The fourth-order valence-electron chi connectivity index (χ4n) is 3.86. The predicted molar refractivity (Wildman–Crippen MR) is 112 cm³/mol. The predicted octanol–water partition coefficient (Wildman–Crippen LogP) is 3.49. The highest BCUT2D eigenvalue weighted by Gasteiger charge is 2.36. The molecule has 0 saturated heterocycles. The second kappa shape index (κ2) is 6.94. The van der Waals surface area contributed by atoms with Gasteiger partial charge in [0.05, 0.1) is 17.8 Å². The first kappa shape index (κ1) is 17.8. The normalized spacial score (nSPS) is 15.4. The number of aryl methyl sites for hydroxylation is 1. The van der Waals surface area contributed by atoms with Gasteiger partial charge in [-0.15, -0.1) is 0 Å². The Balaban J connectivity index is 1.69. The summed E-state index contributed by atoms with van der Waals surface area (Å²) in [5.41, 5.74) is 11.0. The lowest BCUT2D eigenvalue weighted by Crippen LogP contribution is -2.21. The molecule has 2 aromatic carbocycles. The van der Waals surface area contributed by atoms with Gasteiger partial charge in [0.15, 0.2) is 0 Å². The fraction of sp³-hybridized carbons (Fsp3) is 0.0870. The van der Waals surface area contributed by atoms with E-state index in [0.717, 1.165) is 28.1 Å². The van der Waals surface area contributed by atoms with Crippen molar-refractivity contribution in [2.24, 2.45) is 12.8 Å². The van der Waals surface area contributed by atoms with Crippen LogP contribution in [-0.2, 0) is 7.05 Å². The zero-order valence-electron chi connectivity index (χ0n) is 16.2. The maximum atomic E-state index is 9.88. The number of fused-ring (bicyclic) bond motifs is 1. The summed E-state index contributed by atoms with van der Waals surface area (Å²) in [5, 5.41) is 14.6. The van der Waals surface area contributed by atoms with Crippen LogP contribution in [0.4, 0.5) is 0 Å². The third-order valence-electron chi connectivity index (χ3n) is 5.28. The molecular weight excluding hydrogens is 376 g/mol. The Morgan fingerprint density at radius 3 is 2.53 bits per heavy atom. The van der Waals surface area contributed by atoms with E-state index in [2.05, 4.69) is 16.2 Å². The number of ether oxygens (including phenoxy) is 1. The van der Waals surface area contributed by atoms with Gasteiger partial charge in [0.2, 0.25) is 11.8 Å². The Kier molecular flexibility index (Phi) is 4.11. The van der Waals surface area contributed by atoms with Crippen LogP contribution in [0.15, 0.2) is 84.8 Å². The van der Waals surface area contributed by atoms with Crippen molar-refractivity contribution in [2.75, 3.05) is 0 Å². The van der Waals surface area contributed by atoms with Gasteiger partial charge >= 0.3 is 0 Å². The van der Waals surface area contributed by atoms with Crippen molar-refractivity contribution in [3.63, 3.8) is 0 Å². The molecule has 30 heavy (non-hydrogen) atoms. The van der Waals surface area contributed by atoms with Crippen molar-refractivity contribution >= 4 is 0 Å².